The Morgan fingerprint density at radius 3 is 2.63 bits per heavy atom. The van der Waals surface area contributed by atoms with Gasteiger partial charge in [0, 0.05) is 25.0 Å². The first-order valence-corrected chi connectivity index (χ1v) is 8.52. The number of aromatic nitrogens is 3. The van der Waals surface area contributed by atoms with Crippen LogP contribution in [0.3, 0.4) is 0 Å². The smallest absolute Gasteiger partial charge is 0.379 e. The molecule has 0 aliphatic heterocycles. The average Bonchev–Trinajstić information content (AvgIpc) is 3.21. The Morgan fingerprint density at radius 1 is 1.11 bits per heavy atom. The van der Waals surface area contributed by atoms with Crippen LogP contribution in [0.1, 0.15) is 24.6 Å². The Labute approximate surface area is 156 Å². The molecule has 0 saturated carbocycles. The van der Waals surface area contributed by atoms with Gasteiger partial charge in [-0.3, -0.25) is 9.78 Å². The van der Waals surface area contributed by atoms with Crippen LogP contribution in [0.15, 0.2) is 61.3 Å². The average molecular weight is 365 g/mol. The molecule has 0 fully saturated rings. The van der Waals surface area contributed by atoms with Gasteiger partial charge in [-0.25, -0.2) is 9.78 Å². The van der Waals surface area contributed by atoms with Crippen molar-refractivity contribution < 1.29 is 19.1 Å². The number of pyridine rings is 1. The summed E-state index contributed by atoms with van der Waals surface area (Å²) >= 11 is 0. The van der Waals surface area contributed by atoms with E-state index in [0.29, 0.717) is 24.7 Å². The Balaban J connectivity index is 1.60. The third-order valence-electron chi connectivity index (χ3n) is 3.82. The number of carbonyl (C=O) groups is 2. The van der Waals surface area contributed by atoms with Crippen molar-refractivity contribution in [2.75, 3.05) is 0 Å². The molecule has 1 aromatic carbocycles. The van der Waals surface area contributed by atoms with E-state index in [0.717, 1.165) is 11.3 Å². The fourth-order valence-electron chi connectivity index (χ4n) is 2.35. The minimum Gasteiger partial charge on any atom is -0.487 e. The van der Waals surface area contributed by atoms with Crippen LogP contribution < -0.4 is 9.47 Å². The molecule has 0 unspecified atom stereocenters. The van der Waals surface area contributed by atoms with E-state index in [9.17, 15) is 9.59 Å². The SMILES string of the molecule is CCC(=O)C(=O)Oc1ccc(COc2cccnc2Cn2ccnc2)cc1. The molecule has 7 heteroatoms. The van der Waals surface area contributed by atoms with Gasteiger partial charge < -0.3 is 14.0 Å². The zero-order valence-electron chi connectivity index (χ0n) is 14.9. The summed E-state index contributed by atoms with van der Waals surface area (Å²) < 4.78 is 12.8. The molecule has 0 saturated heterocycles. The third-order valence-corrected chi connectivity index (χ3v) is 3.82. The molecule has 0 bridgehead atoms. The highest BCUT2D eigenvalue weighted by molar-refractivity contribution is 6.34. The van der Waals surface area contributed by atoms with E-state index in [2.05, 4.69) is 9.97 Å². The summed E-state index contributed by atoms with van der Waals surface area (Å²) in [5, 5.41) is 0. The number of esters is 1. The molecular formula is C20H19N3O4. The summed E-state index contributed by atoms with van der Waals surface area (Å²) in [5.41, 5.74) is 1.70. The molecule has 2 heterocycles. The Morgan fingerprint density at radius 2 is 1.93 bits per heavy atom. The van der Waals surface area contributed by atoms with Gasteiger partial charge in [0.15, 0.2) is 0 Å². The van der Waals surface area contributed by atoms with E-state index in [1.54, 1.807) is 49.9 Å². The van der Waals surface area contributed by atoms with Crippen LogP contribution in [0.25, 0.3) is 0 Å². The molecule has 0 aliphatic carbocycles. The highest BCUT2D eigenvalue weighted by Crippen LogP contribution is 2.19. The summed E-state index contributed by atoms with van der Waals surface area (Å²) in [5.74, 6) is -0.381. The van der Waals surface area contributed by atoms with E-state index in [1.807, 2.05) is 22.9 Å². The molecule has 138 valence electrons. The summed E-state index contributed by atoms with van der Waals surface area (Å²) in [6, 6.07) is 10.5. The molecule has 0 amide bonds. The highest BCUT2D eigenvalue weighted by Gasteiger charge is 2.13. The molecule has 0 N–H and O–H groups in total. The van der Waals surface area contributed by atoms with Gasteiger partial charge in [0.05, 0.1) is 12.9 Å². The predicted molar refractivity (Wildman–Crippen MR) is 97.3 cm³/mol. The van der Waals surface area contributed by atoms with Gasteiger partial charge in [-0.15, -0.1) is 0 Å². The number of nitrogens with zero attached hydrogens (tertiary/aromatic N) is 3. The lowest BCUT2D eigenvalue weighted by molar-refractivity contribution is -0.146. The van der Waals surface area contributed by atoms with Crippen LogP contribution in [-0.4, -0.2) is 26.3 Å². The van der Waals surface area contributed by atoms with Crippen molar-refractivity contribution in [2.45, 2.75) is 26.5 Å². The van der Waals surface area contributed by atoms with Gasteiger partial charge >= 0.3 is 5.97 Å². The quantitative estimate of drug-likeness (QED) is 0.347. The number of Topliss-reactive ketones (excluding diaryl/α,β-unsaturated/α-hetero) is 1. The van der Waals surface area contributed by atoms with E-state index >= 15 is 0 Å². The fraction of sp³-hybridized carbons (Fsp3) is 0.200. The fourth-order valence-corrected chi connectivity index (χ4v) is 2.35. The van der Waals surface area contributed by atoms with Crippen molar-refractivity contribution in [3.63, 3.8) is 0 Å². The van der Waals surface area contributed by atoms with Crippen molar-refractivity contribution >= 4 is 11.8 Å². The van der Waals surface area contributed by atoms with Gasteiger partial charge in [-0.05, 0) is 29.8 Å². The van der Waals surface area contributed by atoms with Crippen LogP contribution in [0.5, 0.6) is 11.5 Å². The standard InChI is InChI=1S/C20H19N3O4/c1-2-18(24)20(25)27-16-7-5-15(6-8-16)13-26-19-4-3-9-22-17(19)12-23-11-10-21-14-23/h3-11,14H,2,12-13H2,1H3. The van der Waals surface area contributed by atoms with E-state index < -0.39 is 11.8 Å². The second-order valence-electron chi connectivity index (χ2n) is 5.78. The van der Waals surface area contributed by atoms with Crippen molar-refractivity contribution in [2.24, 2.45) is 0 Å². The van der Waals surface area contributed by atoms with Gasteiger partial charge in [0.25, 0.3) is 0 Å². The topological polar surface area (TPSA) is 83.3 Å². The van der Waals surface area contributed by atoms with Gasteiger partial charge in [-0.1, -0.05) is 19.1 Å². The summed E-state index contributed by atoms with van der Waals surface area (Å²) in [6.45, 7) is 2.52. The number of rotatable bonds is 8. The lowest BCUT2D eigenvalue weighted by Crippen LogP contribution is -2.19. The normalized spacial score (nSPS) is 10.4. The molecule has 2 aromatic heterocycles. The minimum absolute atomic E-state index is 0.122. The largest absolute Gasteiger partial charge is 0.487 e. The number of carbonyl (C=O) groups excluding carboxylic acids is 2. The zero-order chi connectivity index (χ0) is 19.1. The number of hydrogen-bond acceptors (Lipinski definition) is 6. The van der Waals surface area contributed by atoms with E-state index in [4.69, 9.17) is 9.47 Å². The summed E-state index contributed by atoms with van der Waals surface area (Å²) in [4.78, 5) is 31.2. The van der Waals surface area contributed by atoms with Crippen molar-refractivity contribution in [3.05, 3.63) is 72.6 Å². The van der Waals surface area contributed by atoms with E-state index in [1.165, 1.54) is 0 Å². The summed E-state index contributed by atoms with van der Waals surface area (Å²) in [7, 11) is 0. The van der Waals surface area contributed by atoms with Crippen LogP contribution in [0.2, 0.25) is 0 Å². The molecule has 3 rings (SSSR count). The highest BCUT2D eigenvalue weighted by atomic mass is 16.5. The van der Waals surface area contributed by atoms with Crippen molar-refractivity contribution in [3.8, 4) is 11.5 Å². The lowest BCUT2D eigenvalue weighted by Gasteiger charge is -2.11. The number of hydrogen-bond donors (Lipinski definition) is 0. The number of benzene rings is 1. The Hall–Kier alpha value is -3.48. The Bertz CT molecular complexity index is 905. The first kappa shape index (κ1) is 18.3. The molecule has 7 nitrogen and oxygen atoms in total. The minimum atomic E-state index is -0.846. The van der Waals surface area contributed by atoms with Crippen molar-refractivity contribution in [1.82, 2.24) is 14.5 Å². The third kappa shape index (κ3) is 5.01. The molecular weight excluding hydrogens is 346 g/mol. The van der Waals surface area contributed by atoms with Crippen LogP contribution >= 0.6 is 0 Å². The monoisotopic (exact) mass is 365 g/mol. The first-order valence-electron chi connectivity index (χ1n) is 8.52. The van der Waals surface area contributed by atoms with Crippen LogP contribution in [0, 0.1) is 0 Å². The summed E-state index contributed by atoms with van der Waals surface area (Å²) in [6.07, 6.45) is 7.15. The molecule has 3 aromatic rings. The molecule has 0 spiro atoms. The number of imidazole rings is 1. The maximum atomic E-state index is 11.5. The van der Waals surface area contributed by atoms with Gasteiger partial charge in [0.1, 0.15) is 23.8 Å². The van der Waals surface area contributed by atoms with E-state index in [-0.39, 0.29) is 6.42 Å². The molecule has 0 atom stereocenters. The van der Waals surface area contributed by atoms with Crippen LogP contribution in [-0.2, 0) is 22.7 Å². The maximum absolute atomic E-state index is 11.5. The number of ketones is 1. The van der Waals surface area contributed by atoms with Gasteiger partial charge in [-0.2, -0.15) is 0 Å². The second kappa shape index (κ2) is 8.75. The van der Waals surface area contributed by atoms with Crippen LogP contribution in [0.4, 0.5) is 0 Å². The molecule has 0 aliphatic rings. The second-order valence-corrected chi connectivity index (χ2v) is 5.78. The van der Waals surface area contributed by atoms with Gasteiger partial charge in [0.2, 0.25) is 5.78 Å². The molecule has 27 heavy (non-hydrogen) atoms. The lowest BCUT2D eigenvalue weighted by atomic mass is 10.2. The number of ether oxygens (including phenoxy) is 2. The maximum Gasteiger partial charge on any atom is 0.379 e. The molecule has 0 radical (unpaired) electrons. The first-order chi connectivity index (χ1) is 13.2. The predicted octanol–water partition coefficient (Wildman–Crippen LogP) is 2.79. The zero-order valence-corrected chi connectivity index (χ0v) is 14.9. The van der Waals surface area contributed by atoms with Crippen molar-refractivity contribution in [1.29, 1.82) is 0 Å². The Kier molecular flexibility index (Phi) is 5.94.